The van der Waals surface area contributed by atoms with Crippen LogP contribution in [0.5, 0.6) is 0 Å². The number of nitrogens with one attached hydrogen (secondary N) is 1. The Morgan fingerprint density at radius 3 is 2.72 bits per heavy atom. The van der Waals surface area contributed by atoms with E-state index in [1.54, 1.807) is 25.1 Å². The van der Waals surface area contributed by atoms with E-state index in [1.807, 2.05) is 6.92 Å². The van der Waals surface area contributed by atoms with E-state index in [4.69, 9.17) is 13.7 Å². The Bertz CT molecular complexity index is 1020. The molecule has 8 heteroatoms. The van der Waals surface area contributed by atoms with Gasteiger partial charge in [-0.1, -0.05) is 16.8 Å². The maximum absolute atomic E-state index is 12.1. The molecule has 128 valence electrons. The van der Waals surface area contributed by atoms with E-state index >= 15 is 0 Å². The maximum atomic E-state index is 12.1. The van der Waals surface area contributed by atoms with Crippen LogP contribution in [0.1, 0.15) is 21.9 Å². The molecule has 0 radical (unpaired) electrons. The van der Waals surface area contributed by atoms with Crippen LogP contribution >= 0.6 is 0 Å². The van der Waals surface area contributed by atoms with Gasteiger partial charge in [0.1, 0.15) is 11.3 Å². The molecule has 0 aliphatic heterocycles. The monoisotopic (exact) mass is 342 g/mol. The van der Waals surface area contributed by atoms with Gasteiger partial charge in [0, 0.05) is 12.1 Å². The molecule has 0 atom stereocenters. The van der Waals surface area contributed by atoms with Crippen molar-refractivity contribution in [2.24, 2.45) is 0 Å². The second-order valence-electron chi connectivity index (χ2n) is 5.42. The van der Waals surface area contributed by atoms with Gasteiger partial charge in [0.2, 0.25) is 5.76 Å². The zero-order valence-electron chi connectivity index (χ0n) is 13.5. The minimum Gasteiger partial charge on any atom is -0.450 e. The first-order valence-corrected chi connectivity index (χ1v) is 7.37. The fraction of sp³-hybridized carbons (Fsp3) is 0.176. The number of fused-ring (bicyclic) bond motifs is 1. The van der Waals surface area contributed by atoms with Crippen LogP contribution in [0.15, 0.2) is 44.1 Å². The number of anilines is 1. The van der Waals surface area contributed by atoms with Crippen molar-refractivity contribution in [3.63, 3.8) is 0 Å². The number of aromatic nitrogens is 1. The van der Waals surface area contributed by atoms with Gasteiger partial charge in [-0.05, 0) is 26.0 Å². The van der Waals surface area contributed by atoms with E-state index in [1.165, 1.54) is 6.07 Å². The summed E-state index contributed by atoms with van der Waals surface area (Å²) in [5.41, 5.74) is 0.807. The average Bonchev–Trinajstić information content (AvgIpc) is 2.98. The Labute approximate surface area is 141 Å². The number of ether oxygens (including phenoxy) is 1. The van der Waals surface area contributed by atoms with E-state index in [0.717, 1.165) is 11.6 Å². The summed E-state index contributed by atoms with van der Waals surface area (Å²) >= 11 is 0. The fourth-order valence-corrected chi connectivity index (χ4v) is 2.18. The molecule has 0 unspecified atom stereocenters. The van der Waals surface area contributed by atoms with Crippen molar-refractivity contribution >= 4 is 28.7 Å². The van der Waals surface area contributed by atoms with Crippen LogP contribution in [0.4, 0.5) is 5.82 Å². The minimum absolute atomic E-state index is 0.214. The molecular weight excluding hydrogens is 328 g/mol. The smallest absolute Gasteiger partial charge is 0.374 e. The van der Waals surface area contributed by atoms with Gasteiger partial charge in [-0.15, -0.1) is 0 Å². The number of nitrogens with zero attached hydrogens (tertiary/aromatic N) is 1. The lowest BCUT2D eigenvalue weighted by molar-refractivity contribution is -0.119. The maximum Gasteiger partial charge on any atom is 0.374 e. The zero-order valence-corrected chi connectivity index (χ0v) is 13.5. The highest BCUT2D eigenvalue weighted by molar-refractivity contribution is 5.94. The highest BCUT2D eigenvalue weighted by Gasteiger charge is 2.16. The molecule has 2 aromatic heterocycles. The van der Waals surface area contributed by atoms with Crippen molar-refractivity contribution < 1.29 is 23.3 Å². The number of aryl methyl sites for hydroxylation is 2. The van der Waals surface area contributed by atoms with Crippen LogP contribution in [-0.2, 0) is 9.53 Å². The Balaban J connectivity index is 1.69. The average molecular weight is 342 g/mol. The predicted octanol–water partition coefficient (Wildman–Crippen LogP) is 2.19. The van der Waals surface area contributed by atoms with E-state index in [0.29, 0.717) is 11.1 Å². The molecule has 0 saturated heterocycles. The third-order valence-electron chi connectivity index (χ3n) is 3.31. The second-order valence-corrected chi connectivity index (χ2v) is 5.42. The Hall–Kier alpha value is -3.42. The molecule has 25 heavy (non-hydrogen) atoms. The predicted molar refractivity (Wildman–Crippen MR) is 87.4 cm³/mol. The fourth-order valence-electron chi connectivity index (χ4n) is 2.18. The van der Waals surface area contributed by atoms with Crippen molar-refractivity contribution in [2.75, 3.05) is 11.9 Å². The van der Waals surface area contributed by atoms with Crippen LogP contribution in [-0.4, -0.2) is 23.6 Å². The quantitative estimate of drug-likeness (QED) is 0.723. The summed E-state index contributed by atoms with van der Waals surface area (Å²) in [7, 11) is 0. The van der Waals surface area contributed by atoms with Gasteiger partial charge in [0.15, 0.2) is 17.9 Å². The van der Waals surface area contributed by atoms with Crippen molar-refractivity contribution in [1.82, 2.24) is 5.16 Å². The lowest BCUT2D eigenvalue weighted by Gasteiger charge is -2.05. The van der Waals surface area contributed by atoms with Gasteiger partial charge in [0.05, 0.1) is 5.39 Å². The van der Waals surface area contributed by atoms with Gasteiger partial charge < -0.3 is 19.0 Å². The SMILES string of the molecule is Cc1ccc2oc(C(=O)OCC(=O)Nc3cc(C)on3)cc(=O)c2c1. The molecule has 8 nitrogen and oxygen atoms in total. The summed E-state index contributed by atoms with van der Waals surface area (Å²) in [5.74, 6) is -1.04. The molecule has 0 spiro atoms. The molecule has 1 amide bonds. The topological polar surface area (TPSA) is 112 Å². The summed E-state index contributed by atoms with van der Waals surface area (Å²) < 4.78 is 15.0. The highest BCUT2D eigenvalue weighted by atomic mass is 16.5. The van der Waals surface area contributed by atoms with E-state index in [2.05, 4.69) is 10.5 Å². The summed E-state index contributed by atoms with van der Waals surface area (Å²) in [4.78, 5) is 35.8. The van der Waals surface area contributed by atoms with Crippen LogP contribution in [0.3, 0.4) is 0 Å². The van der Waals surface area contributed by atoms with E-state index in [-0.39, 0.29) is 22.6 Å². The third kappa shape index (κ3) is 3.74. The van der Waals surface area contributed by atoms with Crippen LogP contribution in [0.2, 0.25) is 0 Å². The first-order valence-electron chi connectivity index (χ1n) is 7.37. The first kappa shape index (κ1) is 16.4. The largest absolute Gasteiger partial charge is 0.450 e. The zero-order chi connectivity index (χ0) is 18.0. The number of rotatable bonds is 4. The molecule has 0 bridgehead atoms. The Morgan fingerprint density at radius 1 is 1.20 bits per heavy atom. The summed E-state index contributed by atoms with van der Waals surface area (Å²) in [6.07, 6.45) is 0. The molecular formula is C17H14N2O6. The van der Waals surface area contributed by atoms with Crippen LogP contribution in [0.25, 0.3) is 11.0 Å². The standard InChI is InChI=1S/C17H14N2O6/c1-9-3-4-13-11(5-9)12(20)7-14(24-13)17(22)23-8-16(21)18-15-6-10(2)25-19-15/h3-7H,8H2,1-2H3,(H,18,19,21). The summed E-state index contributed by atoms with van der Waals surface area (Å²) in [6.45, 7) is 2.96. The number of hydrogen-bond acceptors (Lipinski definition) is 7. The molecule has 1 N–H and O–H groups in total. The van der Waals surface area contributed by atoms with Crippen molar-refractivity contribution in [3.8, 4) is 0 Å². The van der Waals surface area contributed by atoms with Crippen molar-refractivity contribution in [3.05, 3.63) is 57.6 Å². The van der Waals surface area contributed by atoms with E-state index < -0.39 is 18.5 Å². The number of benzene rings is 1. The lowest BCUT2D eigenvalue weighted by atomic mass is 10.1. The van der Waals surface area contributed by atoms with Crippen LogP contribution < -0.4 is 10.7 Å². The minimum atomic E-state index is -0.911. The molecule has 0 aliphatic rings. The molecule has 0 aliphatic carbocycles. The Morgan fingerprint density at radius 2 is 2.00 bits per heavy atom. The number of hydrogen-bond donors (Lipinski definition) is 1. The van der Waals surface area contributed by atoms with Crippen molar-refractivity contribution in [2.45, 2.75) is 13.8 Å². The van der Waals surface area contributed by atoms with Gasteiger partial charge in [-0.25, -0.2) is 4.79 Å². The molecule has 0 saturated carbocycles. The van der Waals surface area contributed by atoms with Gasteiger partial charge >= 0.3 is 5.97 Å². The first-order chi connectivity index (χ1) is 11.9. The lowest BCUT2D eigenvalue weighted by Crippen LogP contribution is -2.21. The number of carbonyl (C=O) groups is 2. The highest BCUT2D eigenvalue weighted by Crippen LogP contribution is 2.15. The van der Waals surface area contributed by atoms with E-state index in [9.17, 15) is 14.4 Å². The molecule has 3 rings (SSSR count). The number of amides is 1. The summed E-state index contributed by atoms with van der Waals surface area (Å²) in [5, 5.41) is 6.36. The summed E-state index contributed by atoms with van der Waals surface area (Å²) in [6, 6.07) is 7.59. The Kier molecular flexibility index (Phi) is 4.34. The van der Waals surface area contributed by atoms with Gasteiger partial charge in [-0.2, -0.15) is 0 Å². The molecule has 3 aromatic rings. The third-order valence-corrected chi connectivity index (χ3v) is 3.31. The molecule has 2 heterocycles. The normalized spacial score (nSPS) is 10.6. The van der Waals surface area contributed by atoms with Crippen molar-refractivity contribution in [1.29, 1.82) is 0 Å². The number of carbonyl (C=O) groups excluding carboxylic acids is 2. The second kappa shape index (κ2) is 6.60. The van der Waals surface area contributed by atoms with Gasteiger partial charge in [-0.3, -0.25) is 9.59 Å². The van der Waals surface area contributed by atoms with Gasteiger partial charge in [0.25, 0.3) is 5.91 Å². The molecule has 1 aromatic carbocycles. The van der Waals surface area contributed by atoms with Crippen LogP contribution in [0, 0.1) is 13.8 Å². The molecule has 0 fully saturated rings. The number of esters is 1.